The van der Waals surface area contributed by atoms with Crippen molar-refractivity contribution in [1.82, 2.24) is 4.90 Å². The molecule has 1 fully saturated rings. The summed E-state index contributed by atoms with van der Waals surface area (Å²) in [6.45, 7) is 14.1. The van der Waals surface area contributed by atoms with Crippen molar-refractivity contribution in [2.75, 3.05) is 5.75 Å². The fourth-order valence-electron chi connectivity index (χ4n) is 3.99. The number of aliphatic carboxylic acids is 1. The number of hydrogen-bond donors (Lipinski definition) is 1. The number of nitrogens with zero attached hydrogens (tertiary/aromatic N) is 1. The lowest BCUT2D eigenvalue weighted by Crippen LogP contribution is -2.70. The van der Waals surface area contributed by atoms with Crippen LogP contribution in [0.4, 0.5) is 0 Å². The van der Waals surface area contributed by atoms with Crippen molar-refractivity contribution in [2.45, 2.75) is 66.0 Å². The maximum Gasteiger partial charge on any atom is 0.326 e. The molecule has 5 nitrogen and oxygen atoms in total. The number of hydrogen-bond acceptors (Lipinski definition) is 4. The molecule has 0 spiro atoms. The molecular weight excluding hydrogens is 330 g/mol. The minimum Gasteiger partial charge on any atom is -0.480 e. The van der Waals surface area contributed by atoms with Gasteiger partial charge in [0.25, 0.3) is 0 Å². The Morgan fingerprint density at radius 2 is 1.91 bits per heavy atom. The molecular formula is C16H31NO4SSi. The normalized spacial score (nSPS) is 25.2. The van der Waals surface area contributed by atoms with Crippen LogP contribution in [0, 0.1) is 16.7 Å². The number of rotatable bonds is 7. The standard InChI is InChI=1S/C16H31NO4SSi/c1-8-22-12-10(11(18)17(12)9(2)13(19)20)16(6,7)14(21-23)15(3,4)5/h9-10,12,14H,8H2,1-7,23H3,(H,19,20)/t9?,10?,12?,14-/m0/s1. The molecule has 134 valence electrons. The van der Waals surface area contributed by atoms with Crippen LogP contribution in [0.2, 0.25) is 0 Å². The average molecular weight is 362 g/mol. The number of β-lactam (4-membered cyclic amide) rings is 1. The highest BCUT2D eigenvalue weighted by Crippen LogP contribution is 2.51. The Balaban J connectivity index is 3.15. The lowest BCUT2D eigenvalue weighted by atomic mass is 9.63. The number of thioether (sulfide) groups is 1. The highest BCUT2D eigenvalue weighted by atomic mass is 32.2. The van der Waals surface area contributed by atoms with Gasteiger partial charge in [0.2, 0.25) is 5.91 Å². The lowest BCUT2D eigenvalue weighted by molar-refractivity contribution is -0.176. The van der Waals surface area contributed by atoms with E-state index in [1.807, 2.05) is 6.92 Å². The van der Waals surface area contributed by atoms with E-state index >= 15 is 0 Å². The smallest absolute Gasteiger partial charge is 0.326 e. The molecule has 0 aromatic heterocycles. The second-order valence-electron chi connectivity index (χ2n) is 7.89. The number of carbonyl (C=O) groups excluding carboxylic acids is 1. The van der Waals surface area contributed by atoms with Gasteiger partial charge in [-0.2, -0.15) is 0 Å². The van der Waals surface area contributed by atoms with Gasteiger partial charge in [-0.25, -0.2) is 4.79 Å². The maximum atomic E-state index is 12.8. The zero-order chi connectivity index (χ0) is 18.2. The highest BCUT2D eigenvalue weighted by Gasteiger charge is 2.60. The number of carbonyl (C=O) groups is 2. The number of amides is 1. The fraction of sp³-hybridized carbons (Fsp3) is 0.875. The summed E-state index contributed by atoms with van der Waals surface area (Å²) in [5, 5.41) is 9.17. The fourth-order valence-corrected chi connectivity index (χ4v) is 6.75. The second-order valence-corrected chi connectivity index (χ2v) is 9.75. The number of carboxylic acid groups (broad SMARTS) is 1. The Hall–Kier alpha value is -0.533. The first kappa shape index (κ1) is 20.5. The second kappa shape index (κ2) is 7.15. The molecule has 1 aliphatic rings. The number of carboxylic acids is 1. The summed E-state index contributed by atoms with van der Waals surface area (Å²) >= 11 is 1.65. The molecule has 1 aliphatic heterocycles. The Kier molecular flexibility index (Phi) is 6.38. The molecule has 1 amide bonds. The first-order valence-corrected chi connectivity index (χ1v) is 9.97. The van der Waals surface area contributed by atoms with Crippen molar-refractivity contribution in [1.29, 1.82) is 0 Å². The molecule has 7 heteroatoms. The van der Waals surface area contributed by atoms with Crippen LogP contribution in [-0.2, 0) is 14.0 Å². The predicted octanol–water partition coefficient (Wildman–Crippen LogP) is 1.74. The van der Waals surface area contributed by atoms with Crippen molar-refractivity contribution in [2.24, 2.45) is 16.7 Å². The van der Waals surface area contributed by atoms with Crippen LogP contribution in [0.25, 0.3) is 0 Å². The van der Waals surface area contributed by atoms with Gasteiger partial charge in [-0.3, -0.25) is 4.79 Å². The van der Waals surface area contributed by atoms with E-state index in [0.717, 1.165) is 5.75 Å². The third kappa shape index (κ3) is 3.77. The maximum absolute atomic E-state index is 12.8. The molecule has 4 atom stereocenters. The molecule has 23 heavy (non-hydrogen) atoms. The van der Waals surface area contributed by atoms with Crippen LogP contribution in [-0.4, -0.2) is 55.6 Å². The molecule has 0 saturated carbocycles. The first-order chi connectivity index (χ1) is 10.4. The summed E-state index contributed by atoms with van der Waals surface area (Å²) in [5.41, 5.74) is -0.426. The molecule has 0 radical (unpaired) electrons. The topological polar surface area (TPSA) is 66.8 Å². The quantitative estimate of drug-likeness (QED) is 0.553. The summed E-state index contributed by atoms with van der Waals surface area (Å²) in [6.07, 6.45) is -0.0437. The predicted molar refractivity (Wildman–Crippen MR) is 97.4 cm³/mol. The summed E-state index contributed by atoms with van der Waals surface area (Å²) in [7, 11) is 0.608. The van der Waals surface area contributed by atoms with Crippen molar-refractivity contribution in [3.8, 4) is 0 Å². The van der Waals surface area contributed by atoms with Crippen LogP contribution >= 0.6 is 11.8 Å². The van der Waals surface area contributed by atoms with Crippen LogP contribution < -0.4 is 0 Å². The third-order valence-corrected chi connectivity index (χ3v) is 6.34. The molecule has 1 rings (SSSR count). The average Bonchev–Trinajstić information content (AvgIpc) is 2.36. The van der Waals surface area contributed by atoms with E-state index in [1.54, 1.807) is 18.7 Å². The van der Waals surface area contributed by atoms with E-state index in [1.165, 1.54) is 4.90 Å². The molecule has 0 aromatic carbocycles. The van der Waals surface area contributed by atoms with Gasteiger partial charge in [0.15, 0.2) is 0 Å². The Labute approximate surface area is 147 Å². The van der Waals surface area contributed by atoms with Gasteiger partial charge in [-0.1, -0.05) is 41.5 Å². The zero-order valence-corrected chi connectivity index (χ0v) is 18.4. The Morgan fingerprint density at radius 3 is 2.26 bits per heavy atom. The lowest BCUT2D eigenvalue weighted by Gasteiger charge is -2.57. The minimum absolute atomic E-state index is 0.0437. The Bertz CT molecular complexity index is 463. The van der Waals surface area contributed by atoms with Crippen molar-refractivity contribution in [3.05, 3.63) is 0 Å². The monoisotopic (exact) mass is 361 g/mol. The summed E-state index contributed by atoms with van der Waals surface area (Å²) in [5.74, 6) is -0.394. The van der Waals surface area contributed by atoms with Gasteiger partial charge < -0.3 is 14.4 Å². The van der Waals surface area contributed by atoms with E-state index in [9.17, 15) is 14.7 Å². The Morgan fingerprint density at radius 1 is 1.39 bits per heavy atom. The van der Waals surface area contributed by atoms with E-state index in [-0.39, 0.29) is 34.1 Å². The largest absolute Gasteiger partial charge is 0.480 e. The molecule has 0 bridgehead atoms. The van der Waals surface area contributed by atoms with Crippen molar-refractivity contribution in [3.63, 3.8) is 0 Å². The van der Waals surface area contributed by atoms with Gasteiger partial charge in [-0.15, -0.1) is 11.8 Å². The van der Waals surface area contributed by atoms with Gasteiger partial charge in [0.05, 0.1) is 17.4 Å². The van der Waals surface area contributed by atoms with E-state index in [0.29, 0.717) is 10.5 Å². The van der Waals surface area contributed by atoms with E-state index in [2.05, 4.69) is 34.6 Å². The molecule has 0 aliphatic carbocycles. The summed E-state index contributed by atoms with van der Waals surface area (Å²) in [4.78, 5) is 25.6. The van der Waals surface area contributed by atoms with Crippen LogP contribution in [0.15, 0.2) is 0 Å². The van der Waals surface area contributed by atoms with Gasteiger partial charge >= 0.3 is 5.97 Å². The van der Waals surface area contributed by atoms with Gasteiger partial charge in [0, 0.05) is 5.41 Å². The molecule has 0 aromatic rings. The SMILES string of the molecule is CCSC1C(C(C)(C)[C@@H](O[SiH3])C(C)(C)C)C(=O)N1C(C)C(=O)O. The number of likely N-dealkylation sites (tertiary alicyclic amines) is 1. The van der Waals surface area contributed by atoms with Crippen molar-refractivity contribution < 1.29 is 19.1 Å². The summed E-state index contributed by atoms with van der Waals surface area (Å²) in [6, 6.07) is -0.788. The first-order valence-electron chi connectivity index (χ1n) is 8.10. The van der Waals surface area contributed by atoms with Crippen LogP contribution in [0.3, 0.4) is 0 Å². The molecule has 1 heterocycles. The third-order valence-electron chi connectivity index (χ3n) is 4.69. The highest BCUT2D eigenvalue weighted by molar-refractivity contribution is 7.99. The molecule has 3 unspecified atom stereocenters. The van der Waals surface area contributed by atoms with Gasteiger partial charge in [0.1, 0.15) is 16.5 Å². The van der Waals surface area contributed by atoms with Crippen molar-refractivity contribution >= 4 is 34.1 Å². The van der Waals surface area contributed by atoms with E-state index in [4.69, 9.17) is 4.43 Å². The van der Waals surface area contributed by atoms with Crippen LogP contribution in [0.5, 0.6) is 0 Å². The minimum atomic E-state index is -0.956. The van der Waals surface area contributed by atoms with Crippen LogP contribution in [0.1, 0.15) is 48.5 Å². The molecule has 1 saturated heterocycles. The summed E-state index contributed by atoms with van der Waals surface area (Å²) < 4.78 is 5.90. The molecule has 1 N–H and O–H groups in total. The zero-order valence-electron chi connectivity index (χ0n) is 15.5. The van der Waals surface area contributed by atoms with Gasteiger partial charge in [-0.05, 0) is 18.1 Å². The van der Waals surface area contributed by atoms with E-state index < -0.39 is 12.0 Å².